The van der Waals surface area contributed by atoms with Gasteiger partial charge in [0.25, 0.3) is 0 Å². The Kier molecular flexibility index (Phi) is 9.33. The number of halogens is 2. The van der Waals surface area contributed by atoms with Crippen LogP contribution < -0.4 is 10.6 Å². The molecule has 0 saturated carbocycles. The first kappa shape index (κ1) is 21.5. The Balaban J connectivity index is 0.00000288. The Morgan fingerprint density at radius 1 is 1.38 bits per heavy atom. The number of aliphatic imine (C=N–C) groups is 1. The zero-order valence-corrected chi connectivity index (χ0v) is 17.6. The van der Waals surface area contributed by atoms with Gasteiger partial charge in [-0.3, -0.25) is 4.99 Å². The molecule has 2 N–H and O–H groups in total. The smallest absolute Gasteiger partial charge is 0.191 e. The molecule has 5 nitrogen and oxygen atoms in total. The topological polar surface area (TPSA) is 54.9 Å². The van der Waals surface area contributed by atoms with Crippen LogP contribution in [0.3, 0.4) is 0 Å². The molecule has 1 unspecified atom stereocenters. The van der Waals surface area contributed by atoms with E-state index < -0.39 is 0 Å². The van der Waals surface area contributed by atoms with Gasteiger partial charge < -0.3 is 20.1 Å². The summed E-state index contributed by atoms with van der Waals surface area (Å²) in [5, 5.41) is 7.49. The van der Waals surface area contributed by atoms with Crippen LogP contribution in [0.4, 0.5) is 0 Å². The standard InChI is InChI=1S/C17H26ClN3O2.HI/c1-13(14-6-4-5-7-15(14)18)21-16(19-2)20-12-17(22-3)8-10-23-11-9-17;/h4-7,13H,8-12H2,1-3H3,(H2,19,20,21);1H. The van der Waals surface area contributed by atoms with E-state index in [1.54, 1.807) is 14.2 Å². The lowest BCUT2D eigenvalue weighted by atomic mass is 9.94. The van der Waals surface area contributed by atoms with Crippen molar-refractivity contribution in [1.82, 2.24) is 10.6 Å². The average Bonchev–Trinajstić information content (AvgIpc) is 2.59. The molecule has 1 aliphatic rings. The highest BCUT2D eigenvalue weighted by Gasteiger charge is 2.32. The van der Waals surface area contributed by atoms with Gasteiger partial charge in [0.2, 0.25) is 0 Å². The number of guanidine groups is 1. The van der Waals surface area contributed by atoms with Crippen LogP contribution in [0.25, 0.3) is 0 Å². The monoisotopic (exact) mass is 467 g/mol. The van der Waals surface area contributed by atoms with E-state index in [0.29, 0.717) is 6.54 Å². The molecule has 0 amide bonds. The summed E-state index contributed by atoms with van der Waals surface area (Å²) in [6.07, 6.45) is 1.77. The van der Waals surface area contributed by atoms with Crippen LogP contribution in [0.1, 0.15) is 31.4 Å². The van der Waals surface area contributed by atoms with Crippen molar-refractivity contribution >= 4 is 41.5 Å². The molecule has 1 aliphatic heterocycles. The molecular formula is C17H27ClIN3O2. The summed E-state index contributed by atoms with van der Waals surface area (Å²) in [5.74, 6) is 0.736. The summed E-state index contributed by atoms with van der Waals surface area (Å²) in [6.45, 7) is 4.23. The third-order valence-electron chi connectivity index (χ3n) is 4.36. The zero-order chi connectivity index (χ0) is 16.7. The Labute approximate surface area is 166 Å². The normalized spacial score (nSPS) is 18.4. The quantitative estimate of drug-likeness (QED) is 0.396. The van der Waals surface area contributed by atoms with Gasteiger partial charge in [-0.2, -0.15) is 0 Å². The molecule has 1 aromatic carbocycles. The maximum absolute atomic E-state index is 6.25. The van der Waals surface area contributed by atoms with Gasteiger partial charge in [0.05, 0.1) is 11.6 Å². The minimum atomic E-state index is -0.191. The highest BCUT2D eigenvalue weighted by molar-refractivity contribution is 14.0. The molecule has 0 aliphatic carbocycles. The highest BCUT2D eigenvalue weighted by Crippen LogP contribution is 2.24. The van der Waals surface area contributed by atoms with Gasteiger partial charge >= 0.3 is 0 Å². The summed E-state index contributed by atoms with van der Waals surface area (Å²) < 4.78 is 11.2. The van der Waals surface area contributed by atoms with Gasteiger partial charge in [-0.1, -0.05) is 29.8 Å². The van der Waals surface area contributed by atoms with E-state index in [1.807, 2.05) is 24.3 Å². The van der Waals surface area contributed by atoms with E-state index in [-0.39, 0.29) is 35.6 Å². The fourth-order valence-corrected chi connectivity index (χ4v) is 3.04. The van der Waals surface area contributed by atoms with Crippen LogP contribution >= 0.6 is 35.6 Å². The lowest BCUT2D eigenvalue weighted by molar-refractivity contribution is -0.0855. The molecule has 24 heavy (non-hydrogen) atoms. The number of hydrogen-bond acceptors (Lipinski definition) is 3. The number of hydrogen-bond donors (Lipinski definition) is 2. The number of methoxy groups -OCH3 is 1. The van der Waals surface area contributed by atoms with E-state index >= 15 is 0 Å². The van der Waals surface area contributed by atoms with E-state index in [2.05, 4.69) is 22.5 Å². The lowest BCUT2D eigenvalue weighted by Gasteiger charge is -2.36. The predicted octanol–water partition coefficient (Wildman–Crippen LogP) is 3.38. The van der Waals surface area contributed by atoms with Crippen molar-refractivity contribution in [3.63, 3.8) is 0 Å². The molecule has 1 saturated heterocycles. The minimum Gasteiger partial charge on any atom is -0.381 e. The molecular weight excluding hydrogens is 441 g/mol. The summed E-state index contributed by atoms with van der Waals surface area (Å²) in [4.78, 5) is 4.30. The molecule has 7 heteroatoms. The Morgan fingerprint density at radius 2 is 2.04 bits per heavy atom. The second kappa shape index (κ2) is 10.4. The predicted molar refractivity (Wildman–Crippen MR) is 110 cm³/mol. The molecule has 0 radical (unpaired) electrons. The van der Waals surface area contributed by atoms with Gasteiger partial charge in [-0.25, -0.2) is 0 Å². The van der Waals surface area contributed by atoms with E-state index in [9.17, 15) is 0 Å². The molecule has 1 atom stereocenters. The van der Waals surface area contributed by atoms with Crippen molar-refractivity contribution in [3.05, 3.63) is 34.9 Å². The molecule has 1 aromatic rings. The SMILES string of the molecule is CN=C(NCC1(OC)CCOCC1)NC(C)c1ccccc1Cl.I. The number of nitrogens with zero attached hydrogens (tertiary/aromatic N) is 1. The second-order valence-electron chi connectivity index (χ2n) is 5.81. The van der Waals surface area contributed by atoms with Crippen molar-refractivity contribution in [2.24, 2.45) is 4.99 Å². The van der Waals surface area contributed by atoms with Crippen molar-refractivity contribution in [2.45, 2.75) is 31.4 Å². The molecule has 0 spiro atoms. The van der Waals surface area contributed by atoms with Crippen LogP contribution in [-0.4, -0.2) is 45.5 Å². The van der Waals surface area contributed by atoms with Crippen LogP contribution in [0.15, 0.2) is 29.3 Å². The second-order valence-corrected chi connectivity index (χ2v) is 6.22. The number of benzene rings is 1. The van der Waals surface area contributed by atoms with E-state index in [1.165, 1.54) is 0 Å². The Bertz CT molecular complexity index is 536. The molecule has 0 aromatic heterocycles. The van der Waals surface area contributed by atoms with E-state index in [4.69, 9.17) is 21.1 Å². The first-order valence-corrected chi connectivity index (χ1v) is 8.32. The summed E-state index contributed by atoms with van der Waals surface area (Å²) in [7, 11) is 3.52. The molecule has 2 rings (SSSR count). The molecule has 136 valence electrons. The fourth-order valence-electron chi connectivity index (χ4n) is 2.75. The minimum absolute atomic E-state index is 0. The molecule has 0 bridgehead atoms. The first-order chi connectivity index (χ1) is 11.1. The third kappa shape index (κ3) is 5.75. The highest BCUT2D eigenvalue weighted by atomic mass is 127. The van der Waals surface area contributed by atoms with Crippen molar-refractivity contribution in [3.8, 4) is 0 Å². The largest absolute Gasteiger partial charge is 0.381 e. The average molecular weight is 468 g/mol. The lowest BCUT2D eigenvalue weighted by Crippen LogP contribution is -2.51. The summed E-state index contributed by atoms with van der Waals surface area (Å²) >= 11 is 6.25. The van der Waals surface area contributed by atoms with Crippen molar-refractivity contribution in [2.75, 3.05) is 33.9 Å². The van der Waals surface area contributed by atoms with Crippen LogP contribution in [0, 0.1) is 0 Å². The van der Waals surface area contributed by atoms with E-state index in [0.717, 1.165) is 42.6 Å². The molecule has 1 fully saturated rings. The van der Waals surface area contributed by atoms with Gasteiger partial charge in [-0.05, 0) is 18.6 Å². The first-order valence-electron chi connectivity index (χ1n) is 7.95. The van der Waals surface area contributed by atoms with Gasteiger partial charge in [0, 0.05) is 51.8 Å². The summed E-state index contributed by atoms with van der Waals surface area (Å²) in [6, 6.07) is 7.88. The van der Waals surface area contributed by atoms with Gasteiger partial charge in [0.1, 0.15) is 0 Å². The number of nitrogens with one attached hydrogen (secondary N) is 2. The molecule has 1 heterocycles. The zero-order valence-electron chi connectivity index (χ0n) is 14.5. The maximum atomic E-state index is 6.25. The van der Waals surface area contributed by atoms with Crippen molar-refractivity contribution < 1.29 is 9.47 Å². The Morgan fingerprint density at radius 3 is 2.62 bits per heavy atom. The van der Waals surface area contributed by atoms with Crippen molar-refractivity contribution in [1.29, 1.82) is 0 Å². The maximum Gasteiger partial charge on any atom is 0.191 e. The number of rotatable bonds is 5. The number of ether oxygens (including phenoxy) is 2. The third-order valence-corrected chi connectivity index (χ3v) is 4.71. The summed E-state index contributed by atoms with van der Waals surface area (Å²) in [5.41, 5.74) is 0.855. The van der Waals surface area contributed by atoms with Gasteiger partial charge in [0.15, 0.2) is 5.96 Å². The Hall–Kier alpha value is -0.570. The van der Waals surface area contributed by atoms with Gasteiger partial charge in [-0.15, -0.1) is 24.0 Å². The van der Waals surface area contributed by atoms with Crippen LogP contribution in [-0.2, 0) is 9.47 Å². The van der Waals surface area contributed by atoms with Crippen LogP contribution in [0.2, 0.25) is 5.02 Å². The van der Waals surface area contributed by atoms with Crippen LogP contribution in [0.5, 0.6) is 0 Å². The fraction of sp³-hybridized carbons (Fsp3) is 0.588.